The van der Waals surface area contributed by atoms with E-state index in [0.717, 1.165) is 0 Å². The van der Waals surface area contributed by atoms with Crippen LogP contribution in [0.5, 0.6) is 0 Å². The molecule has 0 heterocycles. The number of amides is 1. The van der Waals surface area contributed by atoms with E-state index in [1.54, 1.807) is 6.07 Å². The highest BCUT2D eigenvalue weighted by atomic mass is 35.5. The third-order valence-electron chi connectivity index (χ3n) is 2.05. The fourth-order valence-corrected chi connectivity index (χ4v) is 1.82. The van der Waals surface area contributed by atoms with Crippen molar-refractivity contribution in [3.63, 3.8) is 0 Å². The van der Waals surface area contributed by atoms with Crippen LogP contribution < -0.4 is 5.32 Å². The highest BCUT2D eigenvalue weighted by Crippen LogP contribution is 2.18. The molecule has 0 aliphatic rings. The summed E-state index contributed by atoms with van der Waals surface area (Å²) in [6.07, 6.45) is 0. The van der Waals surface area contributed by atoms with Gasteiger partial charge in [-0.25, -0.2) is 0 Å². The Morgan fingerprint density at radius 3 is 2.47 bits per heavy atom. The maximum atomic E-state index is 11.8. The lowest BCUT2D eigenvalue weighted by Gasteiger charge is -2.15. The molecule has 0 aliphatic heterocycles. The van der Waals surface area contributed by atoms with Crippen molar-refractivity contribution in [2.24, 2.45) is 0 Å². The first-order valence-corrected chi connectivity index (χ1v) is 5.69. The number of methoxy groups -OCH3 is 1. The van der Waals surface area contributed by atoms with E-state index in [1.807, 2.05) is 0 Å². The lowest BCUT2D eigenvalue weighted by Crippen LogP contribution is -2.40. The molecule has 0 bridgehead atoms. The molecule has 1 aromatic rings. The van der Waals surface area contributed by atoms with Crippen molar-refractivity contribution in [1.82, 2.24) is 5.32 Å². The quantitative estimate of drug-likeness (QED) is 0.862. The highest BCUT2D eigenvalue weighted by molar-refractivity contribution is 6.35. The van der Waals surface area contributed by atoms with E-state index in [9.17, 15) is 4.79 Å². The predicted molar refractivity (Wildman–Crippen MR) is 66.7 cm³/mol. The van der Waals surface area contributed by atoms with Gasteiger partial charge in [-0.05, 0) is 18.2 Å². The summed E-state index contributed by atoms with van der Waals surface area (Å²) in [6, 6.07) is 4.09. The maximum Gasteiger partial charge on any atom is 0.251 e. The van der Waals surface area contributed by atoms with E-state index in [1.165, 1.54) is 19.2 Å². The van der Waals surface area contributed by atoms with Gasteiger partial charge in [0.15, 0.2) is 0 Å². The second kappa shape index (κ2) is 6.81. The van der Waals surface area contributed by atoms with Crippen molar-refractivity contribution in [3.05, 3.63) is 33.8 Å². The molecule has 0 saturated carbocycles. The Balaban J connectivity index is 2.75. The summed E-state index contributed by atoms with van der Waals surface area (Å²) in [7, 11) is 1.49. The van der Waals surface area contributed by atoms with Gasteiger partial charge >= 0.3 is 0 Å². The molecule has 4 nitrogen and oxygen atoms in total. The van der Waals surface area contributed by atoms with Crippen molar-refractivity contribution < 1.29 is 14.6 Å². The standard InChI is InChI=1S/C11H13Cl2NO3/c1-17-6-10(5-15)14-11(16)7-2-8(12)4-9(13)3-7/h2-4,10,15H,5-6H2,1H3,(H,14,16). The molecule has 1 rings (SSSR count). The number of halogens is 2. The summed E-state index contributed by atoms with van der Waals surface area (Å²) in [6.45, 7) is 0.0322. The Labute approximate surface area is 109 Å². The zero-order valence-corrected chi connectivity index (χ0v) is 10.8. The van der Waals surface area contributed by atoms with Crippen LogP contribution in [0.3, 0.4) is 0 Å². The molecule has 0 aliphatic carbocycles. The number of aliphatic hydroxyl groups excluding tert-OH is 1. The summed E-state index contributed by atoms with van der Waals surface area (Å²) < 4.78 is 4.85. The summed E-state index contributed by atoms with van der Waals surface area (Å²) in [5.41, 5.74) is 0.344. The van der Waals surface area contributed by atoms with Gasteiger partial charge in [-0.15, -0.1) is 0 Å². The average molecular weight is 278 g/mol. The summed E-state index contributed by atoms with van der Waals surface area (Å²) in [4.78, 5) is 11.8. The summed E-state index contributed by atoms with van der Waals surface area (Å²) in [5, 5.41) is 12.4. The second-order valence-corrected chi connectivity index (χ2v) is 4.34. The van der Waals surface area contributed by atoms with Crippen LogP contribution in [0.1, 0.15) is 10.4 Å². The number of hydrogen-bond donors (Lipinski definition) is 2. The van der Waals surface area contributed by atoms with E-state index < -0.39 is 6.04 Å². The lowest BCUT2D eigenvalue weighted by molar-refractivity contribution is 0.0839. The van der Waals surface area contributed by atoms with Crippen molar-refractivity contribution in [2.75, 3.05) is 20.3 Å². The second-order valence-electron chi connectivity index (χ2n) is 3.47. The number of ether oxygens (including phenoxy) is 1. The minimum atomic E-state index is -0.453. The molecular formula is C11H13Cl2NO3. The van der Waals surface area contributed by atoms with Crippen molar-refractivity contribution in [3.8, 4) is 0 Å². The number of aliphatic hydroxyl groups is 1. The molecule has 0 spiro atoms. The Kier molecular flexibility index (Phi) is 5.71. The number of carbonyl (C=O) groups excluding carboxylic acids is 1. The van der Waals surface area contributed by atoms with Gasteiger partial charge in [0.1, 0.15) is 0 Å². The van der Waals surface area contributed by atoms with Crippen molar-refractivity contribution in [2.45, 2.75) is 6.04 Å². The van der Waals surface area contributed by atoms with Gasteiger partial charge in [0, 0.05) is 22.7 Å². The monoisotopic (exact) mass is 277 g/mol. The molecule has 2 N–H and O–H groups in total. The van der Waals surface area contributed by atoms with Crippen LogP contribution in [-0.2, 0) is 4.74 Å². The average Bonchev–Trinajstić information content (AvgIpc) is 2.27. The molecule has 94 valence electrons. The number of hydrogen-bond acceptors (Lipinski definition) is 3. The van der Waals surface area contributed by atoms with Gasteiger partial charge in [-0.1, -0.05) is 23.2 Å². The maximum absolute atomic E-state index is 11.8. The Hall–Kier alpha value is -0.810. The van der Waals surface area contributed by atoms with Crippen LogP contribution in [0, 0.1) is 0 Å². The van der Waals surface area contributed by atoms with Crippen LogP contribution in [0.15, 0.2) is 18.2 Å². The largest absolute Gasteiger partial charge is 0.394 e. The molecule has 1 atom stereocenters. The molecular weight excluding hydrogens is 265 g/mol. The first-order chi connectivity index (χ1) is 8.06. The first kappa shape index (κ1) is 14.3. The molecule has 0 aromatic heterocycles. The molecule has 1 amide bonds. The Morgan fingerprint density at radius 1 is 1.41 bits per heavy atom. The van der Waals surface area contributed by atoms with Crippen molar-refractivity contribution in [1.29, 1.82) is 0 Å². The van der Waals surface area contributed by atoms with Crippen LogP contribution in [0.2, 0.25) is 10.0 Å². The summed E-state index contributed by atoms with van der Waals surface area (Å²) >= 11 is 11.6. The van der Waals surface area contributed by atoms with Gasteiger partial charge in [0.05, 0.1) is 19.3 Å². The van der Waals surface area contributed by atoms with Gasteiger partial charge < -0.3 is 15.2 Å². The van der Waals surface area contributed by atoms with Gasteiger partial charge in [-0.3, -0.25) is 4.79 Å². The molecule has 0 radical (unpaired) electrons. The first-order valence-electron chi connectivity index (χ1n) is 4.93. The number of rotatable bonds is 5. The zero-order chi connectivity index (χ0) is 12.8. The molecule has 6 heteroatoms. The van der Waals surface area contributed by atoms with E-state index in [2.05, 4.69) is 5.32 Å². The highest BCUT2D eigenvalue weighted by Gasteiger charge is 2.13. The Morgan fingerprint density at radius 2 is 2.00 bits per heavy atom. The fourth-order valence-electron chi connectivity index (χ4n) is 1.29. The van der Waals surface area contributed by atoms with Gasteiger partial charge in [0.25, 0.3) is 5.91 Å². The van der Waals surface area contributed by atoms with Crippen LogP contribution in [0.25, 0.3) is 0 Å². The van der Waals surface area contributed by atoms with Crippen molar-refractivity contribution >= 4 is 29.1 Å². The minimum Gasteiger partial charge on any atom is -0.394 e. The van der Waals surface area contributed by atoms with Gasteiger partial charge in [-0.2, -0.15) is 0 Å². The van der Waals surface area contributed by atoms with E-state index >= 15 is 0 Å². The number of benzene rings is 1. The van der Waals surface area contributed by atoms with E-state index in [4.69, 9.17) is 33.0 Å². The minimum absolute atomic E-state index is 0.201. The molecule has 17 heavy (non-hydrogen) atoms. The van der Waals surface area contributed by atoms with Crippen LogP contribution in [-0.4, -0.2) is 37.4 Å². The number of nitrogens with one attached hydrogen (secondary N) is 1. The number of carbonyl (C=O) groups is 1. The molecule has 0 fully saturated rings. The molecule has 1 unspecified atom stereocenters. The summed E-state index contributed by atoms with van der Waals surface area (Å²) in [5.74, 6) is -0.356. The normalized spacial score (nSPS) is 12.2. The molecule has 0 saturated heterocycles. The Bertz CT molecular complexity index is 378. The van der Waals surface area contributed by atoms with Crippen LogP contribution >= 0.6 is 23.2 Å². The van der Waals surface area contributed by atoms with E-state index in [0.29, 0.717) is 15.6 Å². The van der Waals surface area contributed by atoms with Crippen LogP contribution in [0.4, 0.5) is 0 Å². The fraction of sp³-hybridized carbons (Fsp3) is 0.364. The topological polar surface area (TPSA) is 58.6 Å². The smallest absolute Gasteiger partial charge is 0.251 e. The third kappa shape index (κ3) is 4.52. The molecule has 1 aromatic carbocycles. The lowest BCUT2D eigenvalue weighted by atomic mass is 10.2. The predicted octanol–water partition coefficient (Wildman–Crippen LogP) is 1.73. The SMILES string of the molecule is COCC(CO)NC(=O)c1cc(Cl)cc(Cl)c1. The third-order valence-corrected chi connectivity index (χ3v) is 2.48. The van der Waals surface area contributed by atoms with Gasteiger partial charge in [0.2, 0.25) is 0 Å². The zero-order valence-electron chi connectivity index (χ0n) is 9.24. The van der Waals surface area contributed by atoms with E-state index in [-0.39, 0.29) is 19.1 Å².